The number of fused-ring (bicyclic) bond motifs is 5. The predicted molar refractivity (Wildman–Crippen MR) is 114 cm³/mol. The van der Waals surface area contributed by atoms with Crippen molar-refractivity contribution >= 4 is 0 Å². The molecule has 0 amide bonds. The second-order valence-electron chi connectivity index (χ2n) is 11.9. The van der Waals surface area contributed by atoms with Crippen molar-refractivity contribution in [3.8, 4) is 0 Å². The van der Waals surface area contributed by atoms with Gasteiger partial charge < -0.3 is 10.2 Å². The topological polar surface area (TPSA) is 40.5 Å². The second-order valence-corrected chi connectivity index (χ2v) is 11.9. The Labute approximate surface area is 172 Å². The van der Waals surface area contributed by atoms with Gasteiger partial charge in [0, 0.05) is 0 Å². The molecule has 2 nitrogen and oxygen atoms in total. The van der Waals surface area contributed by atoms with Gasteiger partial charge in [-0.05, 0) is 111 Å². The van der Waals surface area contributed by atoms with Gasteiger partial charge in [-0.2, -0.15) is 0 Å². The summed E-state index contributed by atoms with van der Waals surface area (Å²) in [6, 6.07) is 0. The quantitative estimate of drug-likeness (QED) is 0.580. The third-order valence-corrected chi connectivity index (χ3v) is 10.4. The fourth-order valence-corrected chi connectivity index (χ4v) is 8.42. The molecule has 5 aliphatic carbocycles. The number of rotatable bonds is 5. The monoisotopic (exact) mass is 386 g/mol. The molecule has 5 aliphatic rings. The highest BCUT2D eigenvalue weighted by atomic mass is 16.3. The maximum Gasteiger partial charge on any atom is 0.0577 e. The second kappa shape index (κ2) is 7.12. The number of hydrogen-bond donors (Lipinski definition) is 2. The average Bonchev–Trinajstić information content (AvgIpc) is 3.44. The molecule has 2 N–H and O–H groups in total. The zero-order chi connectivity index (χ0) is 19.5. The van der Waals surface area contributed by atoms with E-state index in [1.807, 2.05) is 0 Å². The smallest absolute Gasteiger partial charge is 0.0577 e. The molecule has 0 heterocycles. The van der Waals surface area contributed by atoms with Crippen LogP contribution in [0.3, 0.4) is 0 Å². The van der Waals surface area contributed by atoms with Crippen LogP contribution in [0.5, 0.6) is 0 Å². The Bertz CT molecular complexity index is 622. The maximum absolute atomic E-state index is 10.7. The van der Waals surface area contributed by atoms with Gasteiger partial charge in [0.05, 0.1) is 12.2 Å². The SMILES string of the molecule is CC12CCC3[C@@H](CC=C4C[C@@H](O)CC[C@@]43C)C1CC[C@@H]2CC(O)CCC1CC1. The summed E-state index contributed by atoms with van der Waals surface area (Å²) in [7, 11) is 0. The lowest BCUT2D eigenvalue weighted by Gasteiger charge is -2.58. The first-order valence-electron chi connectivity index (χ1n) is 12.5. The Morgan fingerprint density at radius 3 is 2.64 bits per heavy atom. The van der Waals surface area contributed by atoms with Gasteiger partial charge in [-0.25, -0.2) is 0 Å². The minimum Gasteiger partial charge on any atom is -0.393 e. The zero-order valence-electron chi connectivity index (χ0n) is 18.2. The first-order chi connectivity index (χ1) is 13.4. The molecule has 2 heteroatoms. The molecule has 0 aromatic heterocycles. The van der Waals surface area contributed by atoms with Crippen LogP contribution >= 0.6 is 0 Å². The minimum absolute atomic E-state index is 0.0610. The molecule has 0 bridgehead atoms. The van der Waals surface area contributed by atoms with E-state index in [2.05, 4.69) is 19.9 Å². The number of allylic oxidation sites excluding steroid dienone is 1. The van der Waals surface area contributed by atoms with Crippen LogP contribution < -0.4 is 0 Å². The van der Waals surface area contributed by atoms with E-state index in [4.69, 9.17) is 0 Å². The third-order valence-electron chi connectivity index (χ3n) is 10.4. The van der Waals surface area contributed by atoms with Gasteiger partial charge in [-0.1, -0.05) is 38.3 Å². The summed E-state index contributed by atoms with van der Waals surface area (Å²) < 4.78 is 0. The minimum atomic E-state index is -0.0993. The molecular formula is C26H42O2. The van der Waals surface area contributed by atoms with Crippen LogP contribution in [0.25, 0.3) is 0 Å². The highest BCUT2D eigenvalue weighted by molar-refractivity contribution is 5.25. The number of hydrogen-bond acceptors (Lipinski definition) is 2. The van der Waals surface area contributed by atoms with Crippen LogP contribution in [0.4, 0.5) is 0 Å². The highest BCUT2D eigenvalue weighted by Crippen LogP contribution is 2.66. The molecule has 0 spiro atoms. The Hall–Kier alpha value is -0.340. The van der Waals surface area contributed by atoms with Crippen LogP contribution in [0.2, 0.25) is 0 Å². The van der Waals surface area contributed by atoms with E-state index >= 15 is 0 Å². The summed E-state index contributed by atoms with van der Waals surface area (Å²) in [5.41, 5.74) is 2.39. The van der Waals surface area contributed by atoms with E-state index in [9.17, 15) is 10.2 Å². The fourth-order valence-electron chi connectivity index (χ4n) is 8.42. The maximum atomic E-state index is 10.7. The highest BCUT2D eigenvalue weighted by Gasteiger charge is 2.58. The lowest BCUT2D eigenvalue weighted by molar-refractivity contribution is -0.0556. The van der Waals surface area contributed by atoms with Crippen LogP contribution in [0.1, 0.15) is 97.3 Å². The summed E-state index contributed by atoms with van der Waals surface area (Å²) in [5, 5.41) is 20.9. The van der Waals surface area contributed by atoms with Crippen LogP contribution in [0.15, 0.2) is 11.6 Å². The van der Waals surface area contributed by atoms with Gasteiger partial charge >= 0.3 is 0 Å². The first-order valence-corrected chi connectivity index (χ1v) is 12.5. The molecule has 0 aliphatic heterocycles. The van der Waals surface area contributed by atoms with Crippen molar-refractivity contribution in [1.29, 1.82) is 0 Å². The first kappa shape index (κ1) is 19.6. The zero-order valence-corrected chi connectivity index (χ0v) is 18.2. The van der Waals surface area contributed by atoms with E-state index < -0.39 is 0 Å². The van der Waals surface area contributed by atoms with Crippen molar-refractivity contribution in [2.45, 2.75) is 110 Å². The molecule has 0 saturated heterocycles. The van der Waals surface area contributed by atoms with E-state index in [0.29, 0.717) is 10.8 Å². The third kappa shape index (κ3) is 3.22. The van der Waals surface area contributed by atoms with E-state index in [0.717, 1.165) is 55.3 Å². The Balaban J connectivity index is 1.29. The summed E-state index contributed by atoms with van der Waals surface area (Å²) in [6.45, 7) is 5.11. The standard InChI is InChI=1S/C26H42O2/c1-25-13-11-21(28)16-18(25)6-9-22-23-10-7-19(26(23,2)14-12-24(22)25)15-20(27)8-5-17-3-4-17/h6,17,19-24,27-28H,3-5,7-16H2,1-2H3/t19-,20?,21+,22+,23?,24?,25+,26?/m1/s1. The van der Waals surface area contributed by atoms with Crippen molar-refractivity contribution in [2.24, 2.45) is 40.4 Å². The van der Waals surface area contributed by atoms with Gasteiger partial charge in [0.2, 0.25) is 0 Å². The lowest BCUT2D eigenvalue weighted by atomic mass is 9.47. The van der Waals surface area contributed by atoms with Gasteiger partial charge in [0.25, 0.3) is 0 Å². The van der Waals surface area contributed by atoms with Crippen LogP contribution in [-0.4, -0.2) is 22.4 Å². The average molecular weight is 387 g/mol. The largest absolute Gasteiger partial charge is 0.393 e. The molecule has 4 saturated carbocycles. The van der Waals surface area contributed by atoms with Crippen LogP contribution in [-0.2, 0) is 0 Å². The Morgan fingerprint density at radius 2 is 1.86 bits per heavy atom. The summed E-state index contributed by atoms with van der Waals surface area (Å²) >= 11 is 0. The van der Waals surface area contributed by atoms with E-state index in [1.54, 1.807) is 5.57 Å². The molecule has 8 atom stereocenters. The van der Waals surface area contributed by atoms with Crippen molar-refractivity contribution in [3.63, 3.8) is 0 Å². The Kier molecular flexibility index (Phi) is 4.99. The lowest BCUT2D eigenvalue weighted by Crippen LogP contribution is -2.50. The summed E-state index contributed by atoms with van der Waals surface area (Å²) in [5.74, 6) is 4.20. The van der Waals surface area contributed by atoms with E-state index in [1.165, 1.54) is 57.8 Å². The van der Waals surface area contributed by atoms with Gasteiger partial charge in [0.15, 0.2) is 0 Å². The Morgan fingerprint density at radius 1 is 1.04 bits per heavy atom. The van der Waals surface area contributed by atoms with Crippen LogP contribution in [0, 0.1) is 40.4 Å². The fraction of sp³-hybridized carbons (Fsp3) is 0.923. The van der Waals surface area contributed by atoms with Gasteiger partial charge in [-0.3, -0.25) is 0 Å². The van der Waals surface area contributed by atoms with Crippen molar-refractivity contribution < 1.29 is 10.2 Å². The molecule has 0 aromatic rings. The molecule has 158 valence electrons. The van der Waals surface area contributed by atoms with Crippen molar-refractivity contribution in [1.82, 2.24) is 0 Å². The van der Waals surface area contributed by atoms with Gasteiger partial charge in [0.1, 0.15) is 0 Å². The van der Waals surface area contributed by atoms with Crippen molar-refractivity contribution in [3.05, 3.63) is 11.6 Å². The summed E-state index contributed by atoms with van der Waals surface area (Å²) in [4.78, 5) is 0. The normalized spacial score (nSPS) is 49.0. The molecule has 28 heavy (non-hydrogen) atoms. The predicted octanol–water partition coefficient (Wildman–Crippen LogP) is 5.87. The molecule has 0 radical (unpaired) electrons. The molecule has 4 unspecified atom stereocenters. The van der Waals surface area contributed by atoms with E-state index in [-0.39, 0.29) is 12.2 Å². The molecular weight excluding hydrogens is 344 g/mol. The van der Waals surface area contributed by atoms with Gasteiger partial charge in [-0.15, -0.1) is 0 Å². The summed E-state index contributed by atoms with van der Waals surface area (Å²) in [6.07, 6.45) is 18.4. The number of aliphatic hydroxyl groups excluding tert-OH is 2. The molecule has 5 rings (SSSR count). The van der Waals surface area contributed by atoms with Crippen molar-refractivity contribution in [2.75, 3.05) is 0 Å². The number of aliphatic hydroxyl groups is 2. The molecule has 0 aromatic carbocycles. The molecule has 4 fully saturated rings.